The SMILES string of the molecule is Cc1ccc(C(=O)O)cc1N=C=S.S=C=S. The number of carboxylic acid groups (broad SMARTS) is 1. The molecule has 0 aromatic heterocycles. The monoisotopic (exact) mass is 269 g/mol. The summed E-state index contributed by atoms with van der Waals surface area (Å²) in [7, 11) is 0. The molecule has 0 fully saturated rings. The van der Waals surface area contributed by atoms with E-state index in [0.29, 0.717) is 5.69 Å². The zero-order valence-electron chi connectivity index (χ0n) is 8.26. The van der Waals surface area contributed by atoms with Crippen LogP contribution in [0, 0.1) is 6.92 Å². The third kappa shape index (κ3) is 4.98. The van der Waals surface area contributed by atoms with E-state index >= 15 is 0 Å². The summed E-state index contributed by atoms with van der Waals surface area (Å²) in [6.07, 6.45) is 0. The molecular formula is C10H7NO2S3. The van der Waals surface area contributed by atoms with Gasteiger partial charge in [0, 0.05) is 4.31 Å². The van der Waals surface area contributed by atoms with Gasteiger partial charge >= 0.3 is 5.97 Å². The minimum atomic E-state index is -0.971. The molecule has 0 amide bonds. The highest BCUT2D eigenvalue weighted by Crippen LogP contribution is 2.19. The van der Waals surface area contributed by atoms with Crippen LogP contribution in [0.4, 0.5) is 5.69 Å². The van der Waals surface area contributed by atoms with Crippen LogP contribution in [0.2, 0.25) is 0 Å². The molecule has 0 radical (unpaired) electrons. The Morgan fingerprint density at radius 2 is 1.94 bits per heavy atom. The molecule has 1 N–H and O–H groups in total. The summed E-state index contributed by atoms with van der Waals surface area (Å²) in [6.45, 7) is 1.83. The minimum Gasteiger partial charge on any atom is -0.478 e. The highest BCUT2D eigenvalue weighted by Gasteiger charge is 2.04. The van der Waals surface area contributed by atoms with Crippen molar-refractivity contribution in [2.45, 2.75) is 6.92 Å². The number of aryl methyl sites for hydroxylation is 1. The Hall–Kier alpha value is -1.29. The van der Waals surface area contributed by atoms with Gasteiger partial charge in [-0.3, -0.25) is 0 Å². The molecule has 1 aromatic rings. The summed E-state index contributed by atoms with van der Waals surface area (Å²) in [5, 5.41) is 10.9. The second-order valence-corrected chi connectivity index (χ2v) is 3.44. The lowest BCUT2D eigenvalue weighted by molar-refractivity contribution is 0.0697. The average molecular weight is 269 g/mol. The molecule has 0 aliphatic rings. The molecule has 0 heterocycles. The van der Waals surface area contributed by atoms with Crippen LogP contribution in [0.25, 0.3) is 0 Å². The van der Waals surface area contributed by atoms with Crippen molar-refractivity contribution in [2.24, 2.45) is 4.99 Å². The molecule has 16 heavy (non-hydrogen) atoms. The quantitative estimate of drug-likeness (QED) is 0.658. The van der Waals surface area contributed by atoms with Crippen molar-refractivity contribution in [3.63, 3.8) is 0 Å². The molecule has 0 atom stereocenters. The van der Waals surface area contributed by atoms with Gasteiger partial charge in [0.1, 0.15) is 0 Å². The van der Waals surface area contributed by atoms with Gasteiger partial charge in [0.05, 0.1) is 16.4 Å². The zero-order chi connectivity index (χ0) is 12.6. The Bertz CT molecular complexity index is 473. The molecule has 0 saturated carbocycles. The molecule has 0 aliphatic heterocycles. The van der Waals surface area contributed by atoms with E-state index in [0.717, 1.165) is 5.56 Å². The Morgan fingerprint density at radius 3 is 2.38 bits per heavy atom. The van der Waals surface area contributed by atoms with Crippen LogP contribution in [0.15, 0.2) is 23.2 Å². The Morgan fingerprint density at radius 1 is 1.38 bits per heavy atom. The average Bonchev–Trinajstić information content (AvgIpc) is 2.22. The van der Waals surface area contributed by atoms with Gasteiger partial charge < -0.3 is 5.11 Å². The number of hydrogen-bond donors (Lipinski definition) is 1. The normalized spacial score (nSPS) is 7.81. The van der Waals surface area contributed by atoms with Crippen molar-refractivity contribution in [1.29, 1.82) is 0 Å². The lowest BCUT2D eigenvalue weighted by atomic mass is 10.1. The summed E-state index contributed by atoms with van der Waals surface area (Å²) >= 11 is 12.4. The van der Waals surface area contributed by atoms with Gasteiger partial charge in [-0.1, -0.05) is 6.07 Å². The summed E-state index contributed by atoms with van der Waals surface area (Å²) in [5.41, 5.74) is 1.63. The number of hydrogen-bond acceptors (Lipinski definition) is 5. The van der Waals surface area contributed by atoms with Gasteiger partial charge in [0.2, 0.25) is 0 Å². The van der Waals surface area contributed by atoms with Crippen LogP contribution < -0.4 is 0 Å². The zero-order valence-corrected chi connectivity index (χ0v) is 10.7. The number of isothiocyanates is 1. The third-order valence-electron chi connectivity index (χ3n) is 1.62. The number of thiocarbonyl (C=S) groups is 3. The summed E-state index contributed by atoms with van der Waals surface area (Å²) in [5.74, 6) is -0.971. The van der Waals surface area contributed by atoms with E-state index in [9.17, 15) is 4.79 Å². The lowest BCUT2D eigenvalue weighted by Crippen LogP contribution is -1.95. The van der Waals surface area contributed by atoms with Gasteiger partial charge in [0.25, 0.3) is 0 Å². The second-order valence-electron chi connectivity index (χ2n) is 2.59. The van der Waals surface area contributed by atoms with E-state index in [1.165, 1.54) is 12.1 Å². The second kappa shape index (κ2) is 7.93. The fourth-order valence-corrected chi connectivity index (χ4v) is 1.01. The maximum atomic E-state index is 10.6. The van der Waals surface area contributed by atoms with E-state index < -0.39 is 5.97 Å². The topological polar surface area (TPSA) is 49.7 Å². The van der Waals surface area contributed by atoms with Crippen LogP contribution in [0.1, 0.15) is 15.9 Å². The number of carbonyl (C=O) groups is 1. The number of carboxylic acids is 1. The van der Waals surface area contributed by atoms with Crippen molar-refractivity contribution in [1.82, 2.24) is 0 Å². The predicted molar refractivity (Wildman–Crippen MR) is 73.0 cm³/mol. The molecule has 0 spiro atoms. The van der Waals surface area contributed by atoms with Crippen LogP contribution in [0.5, 0.6) is 0 Å². The summed E-state index contributed by atoms with van der Waals surface area (Å²) in [6, 6.07) is 4.69. The van der Waals surface area contributed by atoms with Crippen molar-refractivity contribution >= 4 is 57.8 Å². The molecule has 0 aliphatic carbocycles. The maximum absolute atomic E-state index is 10.6. The van der Waals surface area contributed by atoms with Crippen molar-refractivity contribution in [3.05, 3.63) is 29.3 Å². The van der Waals surface area contributed by atoms with Gasteiger partial charge in [-0.2, -0.15) is 4.99 Å². The molecule has 82 valence electrons. The number of nitrogens with zero attached hydrogens (tertiary/aromatic N) is 1. The van der Waals surface area contributed by atoms with Gasteiger partial charge in [-0.25, -0.2) is 4.79 Å². The molecule has 1 rings (SSSR count). The fourth-order valence-electron chi connectivity index (χ4n) is 0.912. The largest absolute Gasteiger partial charge is 0.478 e. The van der Waals surface area contributed by atoms with Crippen LogP contribution in [-0.4, -0.2) is 20.6 Å². The van der Waals surface area contributed by atoms with Crippen LogP contribution in [0.3, 0.4) is 0 Å². The maximum Gasteiger partial charge on any atom is 0.335 e. The van der Waals surface area contributed by atoms with Crippen molar-refractivity contribution in [2.75, 3.05) is 0 Å². The predicted octanol–water partition coefficient (Wildman–Crippen LogP) is 3.45. The molecule has 3 nitrogen and oxygen atoms in total. The van der Waals surface area contributed by atoms with Gasteiger partial charge in [-0.05, 0) is 61.3 Å². The Balaban J connectivity index is 0.000000673. The number of aromatic carboxylic acids is 1. The van der Waals surface area contributed by atoms with E-state index in [-0.39, 0.29) is 5.56 Å². The smallest absolute Gasteiger partial charge is 0.335 e. The molecule has 0 bridgehead atoms. The molecule has 0 saturated heterocycles. The first kappa shape index (κ1) is 14.7. The van der Waals surface area contributed by atoms with Crippen LogP contribution >= 0.6 is 36.7 Å². The molecule has 1 aromatic carbocycles. The van der Waals surface area contributed by atoms with E-state index in [1.54, 1.807) is 6.07 Å². The van der Waals surface area contributed by atoms with Crippen molar-refractivity contribution in [3.8, 4) is 0 Å². The number of rotatable bonds is 2. The Labute approximate surface area is 109 Å². The lowest BCUT2D eigenvalue weighted by Gasteiger charge is -1.99. The number of aliphatic imine (C=N–C) groups is 1. The molecular weight excluding hydrogens is 262 g/mol. The Kier molecular flexibility index (Phi) is 7.29. The van der Waals surface area contributed by atoms with Crippen LogP contribution in [-0.2, 0) is 0 Å². The fraction of sp³-hybridized carbons (Fsp3) is 0.100. The summed E-state index contributed by atoms with van der Waals surface area (Å²) in [4.78, 5) is 14.3. The first-order valence-electron chi connectivity index (χ1n) is 3.98. The third-order valence-corrected chi connectivity index (χ3v) is 1.71. The highest BCUT2D eigenvalue weighted by atomic mass is 32.1. The summed E-state index contributed by atoms with van der Waals surface area (Å²) < 4.78 is 1.92. The molecule has 0 unspecified atom stereocenters. The first-order chi connectivity index (χ1) is 7.56. The van der Waals surface area contributed by atoms with E-state index in [4.69, 9.17) is 5.11 Å². The van der Waals surface area contributed by atoms with Crippen molar-refractivity contribution < 1.29 is 9.90 Å². The number of benzene rings is 1. The first-order valence-corrected chi connectivity index (χ1v) is 5.20. The van der Waals surface area contributed by atoms with Gasteiger partial charge in [0.15, 0.2) is 0 Å². The highest BCUT2D eigenvalue weighted by molar-refractivity contribution is 7.93. The standard InChI is InChI=1S/C9H7NO2S.CS2/c1-6-2-3-7(9(11)12)4-8(6)10-5-13;2-1-3/h2-4H,1H3,(H,11,12);. The minimum absolute atomic E-state index is 0.203. The van der Waals surface area contributed by atoms with Gasteiger partial charge in [-0.15, -0.1) is 0 Å². The van der Waals surface area contributed by atoms with E-state index in [1.807, 2.05) is 11.2 Å². The molecule has 6 heteroatoms. The van der Waals surface area contributed by atoms with E-state index in [2.05, 4.69) is 46.8 Å².